The Morgan fingerprint density at radius 1 is 0.222 bits per heavy atom. The second kappa shape index (κ2) is 32.7. The molecule has 21 aliphatic rings. The molecular weight excluding hydrogens is 1400 g/mol. The first-order valence-electron chi connectivity index (χ1n) is 28.2. The molecule has 0 saturated carbocycles. The van der Waals surface area contributed by atoms with Gasteiger partial charge in [-0.25, -0.2) is 0 Å². The standard InChI is InChI=1S/C49H72Cl8O33/c50-1-10-33-18(59)25(66)42(75-10)83-34-11(2-51)76-44(26(67)19(34)60)85-36-13(4-53)78-46(28(69)21(36)62)87-38-15(6-55)80-48(30(71)23(38)64)89-40-17(8-57)82-49(41(32(40)73)74-9-58)90-39-16(7-56)81-47(31(72)24(39)65)88-37-14(5-54)79-45(29(70)22(37)63)86-35-12(3-52)77-43(84-33)27(68)20(35)61/h9-49,59-73H,1-8H2/t10-,11-,12-,13-,14-,15-,16-,17-,18-,19-,20-,21-,22-,23-,24-,25-,26-,27-,28-,29-,30-,31-,32+,33-,34-,35-,36-,37-,38-,39-,40-,41-,42-,43-,44-,45-,46-,47-,48-,49-/m1/s1. The summed E-state index contributed by atoms with van der Waals surface area (Å²) in [6.45, 7) is -0.109. The Morgan fingerprint density at radius 3 is 0.522 bits per heavy atom. The number of rotatable bonds is 10. The van der Waals surface area contributed by atoms with E-state index < -0.39 is 293 Å². The molecule has 21 heterocycles. The maximum atomic E-state index is 12.0. The third-order valence-electron chi connectivity index (χ3n) is 16.9. The summed E-state index contributed by atoms with van der Waals surface area (Å²) in [7, 11) is 0. The van der Waals surface area contributed by atoms with E-state index in [1.165, 1.54) is 0 Å². The largest absolute Gasteiger partial charge is 0.456 e. The van der Waals surface area contributed by atoms with Crippen molar-refractivity contribution in [3.63, 3.8) is 0 Å². The number of carbonyl (C=O) groups is 1. The molecule has 41 heteroatoms. The number of carbonyl (C=O) groups excluding carboxylic acids is 1. The van der Waals surface area contributed by atoms with E-state index in [1.807, 2.05) is 0 Å². The molecule has 0 aromatic heterocycles. The molecule has 0 aromatic carbocycles. The van der Waals surface area contributed by atoms with Crippen molar-refractivity contribution >= 4 is 99.3 Å². The number of alkyl halides is 8. The van der Waals surface area contributed by atoms with E-state index in [9.17, 15) is 81.4 Å². The number of halogens is 8. The first kappa shape index (κ1) is 74.8. The van der Waals surface area contributed by atoms with Gasteiger partial charge in [0.15, 0.2) is 56.4 Å². The average Bonchev–Trinajstić information content (AvgIpc) is 0.794. The van der Waals surface area contributed by atoms with Gasteiger partial charge in [-0.2, -0.15) is 0 Å². The minimum atomic E-state index is -2.12. The minimum absolute atomic E-state index is 0.109. The normalized spacial score (nSPS) is 54.3. The molecule has 0 amide bonds. The van der Waals surface area contributed by atoms with Gasteiger partial charge in [0.2, 0.25) is 0 Å². The van der Waals surface area contributed by atoms with Gasteiger partial charge in [-0.15, -0.1) is 92.8 Å². The van der Waals surface area contributed by atoms with E-state index in [0.29, 0.717) is 0 Å². The highest BCUT2D eigenvalue weighted by atomic mass is 35.5. The molecule has 16 bridgehead atoms. The number of hydrogen-bond acceptors (Lipinski definition) is 33. The number of hydrogen-bond donors (Lipinski definition) is 15. The molecule has 0 unspecified atom stereocenters. The van der Waals surface area contributed by atoms with Gasteiger partial charge >= 0.3 is 0 Å². The van der Waals surface area contributed by atoms with E-state index in [-0.39, 0.29) is 6.47 Å². The Labute approximate surface area is 551 Å². The van der Waals surface area contributed by atoms with Crippen molar-refractivity contribution < 1.29 is 162 Å². The van der Waals surface area contributed by atoms with Crippen molar-refractivity contribution in [3.8, 4) is 0 Å². The van der Waals surface area contributed by atoms with Crippen LogP contribution in [0, 0.1) is 0 Å². The van der Waals surface area contributed by atoms with Gasteiger partial charge in [-0.1, -0.05) is 0 Å². The quantitative estimate of drug-likeness (QED) is 0.0714. The number of aliphatic hydroxyl groups excluding tert-OH is 15. The predicted molar refractivity (Wildman–Crippen MR) is 295 cm³/mol. The zero-order chi connectivity index (χ0) is 65.5. The second-order valence-corrected chi connectivity index (χ2v) is 24.9. The van der Waals surface area contributed by atoms with Gasteiger partial charge < -0.3 is 157 Å². The summed E-state index contributed by atoms with van der Waals surface area (Å²) in [5.74, 6) is -4.34. The lowest BCUT2D eigenvalue weighted by Gasteiger charge is -2.50. The van der Waals surface area contributed by atoms with Crippen LogP contribution in [0.1, 0.15) is 0 Å². The highest BCUT2D eigenvalue weighted by Crippen LogP contribution is 2.41. The Kier molecular flexibility index (Phi) is 27.2. The highest BCUT2D eigenvalue weighted by Gasteiger charge is 2.60. The lowest BCUT2D eigenvalue weighted by Crippen LogP contribution is -2.68. The lowest BCUT2D eigenvalue weighted by atomic mass is 9.95. The zero-order valence-corrected chi connectivity index (χ0v) is 52.5. The van der Waals surface area contributed by atoms with Crippen molar-refractivity contribution in [2.45, 2.75) is 246 Å². The molecule has 40 atom stereocenters. The summed E-state index contributed by atoms with van der Waals surface area (Å²) in [5.41, 5.74) is 0. The Morgan fingerprint density at radius 2 is 0.367 bits per heavy atom. The molecular formula is C49H72Cl8O33. The van der Waals surface area contributed by atoms with Crippen LogP contribution in [0.2, 0.25) is 0 Å². The molecule has 90 heavy (non-hydrogen) atoms. The van der Waals surface area contributed by atoms with Crippen LogP contribution in [-0.4, -0.2) is 376 Å². The second-order valence-electron chi connectivity index (χ2n) is 22.4. The minimum Gasteiger partial charge on any atom is -0.456 e. The van der Waals surface area contributed by atoms with Crippen molar-refractivity contribution in [2.75, 3.05) is 47.0 Å². The van der Waals surface area contributed by atoms with Crippen LogP contribution in [0.25, 0.3) is 0 Å². The highest BCUT2D eigenvalue weighted by molar-refractivity contribution is 6.19. The first-order chi connectivity index (χ1) is 42.9. The van der Waals surface area contributed by atoms with Crippen molar-refractivity contribution in [1.29, 1.82) is 0 Å². The van der Waals surface area contributed by atoms with Crippen LogP contribution >= 0.6 is 92.8 Å². The molecule has 0 aliphatic carbocycles. The zero-order valence-electron chi connectivity index (χ0n) is 46.4. The molecule has 21 saturated heterocycles. The molecule has 21 rings (SSSR count). The van der Waals surface area contributed by atoms with Gasteiger partial charge in [0, 0.05) is 0 Å². The summed E-state index contributed by atoms with van der Waals surface area (Å²) < 4.78 is 99.9. The molecule has 33 nitrogen and oxygen atoms in total. The fourth-order valence-corrected chi connectivity index (χ4v) is 13.9. The molecule has 0 aromatic rings. The predicted octanol–water partition coefficient (Wildman–Crippen LogP) is -7.25. The topological polar surface area (TPSA) is 477 Å². The SMILES string of the molecule is O=CO[C@H]1[C@H]2O[C@H]3[C@H](O)[C@@H](O)[C@@H](O[C@H]4[C@H](O)[C@@H](O)[C@@H](O[C@H]5[C@H](O)[C@@H](O)[C@@H](O[C@H]6[C@H](O)[C@@H](O)[C@@H](O[C@H]7[C@H](O)[C@@H](O)[C@@H](O[C@H]8[C@H](O)[C@@H](O)[C@@H](O[C@H]9[C@H](O)[C@@H](O)[C@@H](O[C@@H]([C@@H]1O)[C@@H](CCl)O2)O[C@@H]9CCl)O[C@@H]8CCl)O[C@@H]7CCl)O[C@@H]6CCl)O[C@@H]5CCl)O[C@@H]4CCl)O[C@@H]3CCl. The van der Waals surface area contributed by atoms with Gasteiger partial charge in [-0.05, 0) is 0 Å². The fraction of sp³-hybridized carbons (Fsp3) is 0.980. The molecule has 21 fully saturated rings. The number of aliphatic hydroxyl groups is 15. The van der Waals surface area contributed by atoms with Crippen LogP contribution < -0.4 is 0 Å². The van der Waals surface area contributed by atoms with Crippen LogP contribution in [0.3, 0.4) is 0 Å². The van der Waals surface area contributed by atoms with Crippen LogP contribution in [0.5, 0.6) is 0 Å². The van der Waals surface area contributed by atoms with Gasteiger partial charge in [0.25, 0.3) is 6.47 Å². The maximum Gasteiger partial charge on any atom is 0.293 e. The van der Waals surface area contributed by atoms with E-state index in [4.69, 9.17) is 173 Å². The first-order valence-corrected chi connectivity index (χ1v) is 32.5. The molecule has 15 N–H and O–H groups in total. The molecule has 21 aliphatic heterocycles. The summed E-state index contributed by atoms with van der Waals surface area (Å²) in [6, 6.07) is 0. The molecule has 522 valence electrons. The summed E-state index contributed by atoms with van der Waals surface area (Å²) in [4.78, 5) is 12.0. The van der Waals surface area contributed by atoms with Crippen LogP contribution in [0.15, 0.2) is 0 Å². The third-order valence-corrected chi connectivity index (χ3v) is 19.3. The fourth-order valence-electron chi connectivity index (χ4n) is 11.9. The summed E-state index contributed by atoms with van der Waals surface area (Å²) in [5, 5.41) is 173. The van der Waals surface area contributed by atoms with Gasteiger partial charge in [0.1, 0.15) is 189 Å². The summed E-state index contributed by atoms with van der Waals surface area (Å²) in [6.07, 6.45) is -74.1. The number of ether oxygens (including phenoxy) is 17. The van der Waals surface area contributed by atoms with Crippen LogP contribution in [0.4, 0.5) is 0 Å². The maximum absolute atomic E-state index is 12.0. The molecule has 0 spiro atoms. The van der Waals surface area contributed by atoms with Gasteiger partial charge in [-0.3, -0.25) is 4.79 Å². The Hall–Kier alpha value is 0.550. The lowest BCUT2D eigenvalue weighted by molar-refractivity contribution is -0.396. The van der Waals surface area contributed by atoms with Crippen LogP contribution in [-0.2, 0) is 85.3 Å². The molecule has 0 radical (unpaired) electrons. The average molecular weight is 1470 g/mol. The third kappa shape index (κ3) is 15.2. The monoisotopic (exact) mass is 1470 g/mol. The van der Waals surface area contributed by atoms with Crippen molar-refractivity contribution in [1.82, 2.24) is 0 Å². The Bertz CT molecular complexity index is 2240. The Balaban J connectivity index is 0.988. The van der Waals surface area contributed by atoms with Gasteiger partial charge in [0.05, 0.1) is 47.0 Å². The van der Waals surface area contributed by atoms with Crippen molar-refractivity contribution in [2.24, 2.45) is 0 Å². The van der Waals surface area contributed by atoms with Crippen molar-refractivity contribution in [3.05, 3.63) is 0 Å². The summed E-state index contributed by atoms with van der Waals surface area (Å²) >= 11 is 50.4. The smallest absolute Gasteiger partial charge is 0.293 e. The van der Waals surface area contributed by atoms with E-state index in [1.54, 1.807) is 0 Å². The van der Waals surface area contributed by atoms with E-state index in [2.05, 4.69) is 0 Å². The van der Waals surface area contributed by atoms with E-state index in [0.717, 1.165) is 0 Å². The van der Waals surface area contributed by atoms with E-state index >= 15 is 0 Å².